The normalized spacial score (nSPS) is 11.2. The number of hydrogen-bond donors (Lipinski definition) is 1. The van der Waals surface area contributed by atoms with Gasteiger partial charge in [-0.2, -0.15) is 0 Å². The van der Waals surface area contributed by atoms with Crippen molar-refractivity contribution in [3.63, 3.8) is 0 Å². The van der Waals surface area contributed by atoms with Gasteiger partial charge in [0.1, 0.15) is 11.6 Å². The molecule has 0 fully saturated rings. The lowest BCUT2D eigenvalue weighted by atomic mass is 9.95. The van der Waals surface area contributed by atoms with E-state index in [1.165, 1.54) is 0 Å². The minimum atomic E-state index is -0.112. The van der Waals surface area contributed by atoms with Gasteiger partial charge in [-0.15, -0.1) is 0 Å². The average Bonchev–Trinajstić information content (AvgIpc) is 2.46. The summed E-state index contributed by atoms with van der Waals surface area (Å²) in [6, 6.07) is 5.70. The Kier molecular flexibility index (Phi) is 3.88. The summed E-state index contributed by atoms with van der Waals surface area (Å²) in [5.74, 6) is 2.18. The van der Waals surface area contributed by atoms with Crippen LogP contribution in [0.25, 0.3) is 11.3 Å². The van der Waals surface area contributed by atoms with Gasteiger partial charge in [0.25, 0.3) is 0 Å². The zero-order valence-electron chi connectivity index (χ0n) is 12.6. The van der Waals surface area contributed by atoms with E-state index < -0.39 is 0 Å². The van der Waals surface area contributed by atoms with Crippen molar-refractivity contribution in [2.24, 2.45) is 0 Å². The van der Waals surface area contributed by atoms with Crippen molar-refractivity contribution in [2.75, 3.05) is 19.5 Å². The minimum Gasteiger partial charge on any atom is -0.481 e. The van der Waals surface area contributed by atoms with Gasteiger partial charge in [0, 0.05) is 36.4 Å². The van der Waals surface area contributed by atoms with Crippen molar-refractivity contribution in [3.8, 4) is 17.1 Å². The summed E-state index contributed by atoms with van der Waals surface area (Å²) >= 11 is 0. The molecule has 0 atom stereocenters. The summed E-state index contributed by atoms with van der Waals surface area (Å²) in [5.41, 5.74) is 1.70. The molecule has 2 aromatic heterocycles. The smallest absolute Gasteiger partial charge is 0.213 e. The van der Waals surface area contributed by atoms with Crippen LogP contribution in [0.5, 0.6) is 5.88 Å². The van der Waals surface area contributed by atoms with Crippen LogP contribution in [0.4, 0.5) is 5.82 Å². The zero-order chi connectivity index (χ0) is 14.8. The fraction of sp³-hybridized carbons (Fsp3) is 0.400. The number of ether oxygens (including phenoxy) is 1. The quantitative estimate of drug-likeness (QED) is 0.931. The molecule has 0 radical (unpaired) electrons. The van der Waals surface area contributed by atoms with E-state index in [0.29, 0.717) is 5.88 Å². The number of pyridine rings is 1. The van der Waals surface area contributed by atoms with E-state index in [1.807, 2.05) is 25.2 Å². The van der Waals surface area contributed by atoms with Crippen molar-refractivity contribution >= 4 is 5.82 Å². The number of nitrogens with zero attached hydrogens (tertiary/aromatic N) is 3. The molecule has 0 bridgehead atoms. The maximum atomic E-state index is 5.16. The molecule has 0 aliphatic rings. The van der Waals surface area contributed by atoms with Gasteiger partial charge in [-0.25, -0.2) is 15.0 Å². The van der Waals surface area contributed by atoms with Gasteiger partial charge in [-0.05, 0) is 6.07 Å². The molecule has 0 aliphatic heterocycles. The summed E-state index contributed by atoms with van der Waals surface area (Å²) in [7, 11) is 3.46. The first kappa shape index (κ1) is 14.2. The molecule has 0 saturated heterocycles. The highest BCUT2D eigenvalue weighted by Gasteiger charge is 2.19. The van der Waals surface area contributed by atoms with Crippen LogP contribution in [0, 0.1) is 0 Å². The lowest BCUT2D eigenvalue weighted by molar-refractivity contribution is 0.398. The topological polar surface area (TPSA) is 59.9 Å². The molecule has 0 unspecified atom stereocenters. The largest absolute Gasteiger partial charge is 0.481 e. The number of aromatic nitrogens is 3. The second-order valence-electron chi connectivity index (χ2n) is 5.55. The Morgan fingerprint density at radius 3 is 2.50 bits per heavy atom. The Bertz CT molecular complexity index is 605. The van der Waals surface area contributed by atoms with E-state index >= 15 is 0 Å². The lowest BCUT2D eigenvalue weighted by Gasteiger charge is -2.18. The van der Waals surface area contributed by atoms with Crippen LogP contribution in [0.3, 0.4) is 0 Å². The summed E-state index contributed by atoms with van der Waals surface area (Å²) in [4.78, 5) is 13.3. The zero-order valence-corrected chi connectivity index (χ0v) is 12.6. The van der Waals surface area contributed by atoms with Crippen LogP contribution >= 0.6 is 0 Å². The third-order valence-corrected chi connectivity index (χ3v) is 2.89. The van der Waals surface area contributed by atoms with Gasteiger partial charge in [0.2, 0.25) is 5.88 Å². The van der Waals surface area contributed by atoms with Gasteiger partial charge < -0.3 is 10.1 Å². The molecule has 5 heteroatoms. The van der Waals surface area contributed by atoms with Gasteiger partial charge in [0.05, 0.1) is 12.8 Å². The van der Waals surface area contributed by atoms with Crippen molar-refractivity contribution in [1.82, 2.24) is 15.0 Å². The molecule has 0 amide bonds. The fourth-order valence-corrected chi connectivity index (χ4v) is 1.74. The van der Waals surface area contributed by atoms with Gasteiger partial charge >= 0.3 is 0 Å². The Hall–Kier alpha value is -2.17. The highest BCUT2D eigenvalue weighted by atomic mass is 16.5. The lowest BCUT2D eigenvalue weighted by Crippen LogP contribution is -2.17. The first-order chi connectivity index (χ1) is 9.44. The van der Waals surface area contributed by atoms with E-state index in [4.69, 9.17) is 4.74 Å². The third-order valence-electron chi connectivity index (χ3n) is 2.89. The van der Waals surface area contributed by atoms with Crippen molar-refractivity contribution in [1.29, 1.82) is 0 Å². The highest BCUT2D eigenvalue weighted by molar-refractivity contribution is 5.63. The number of methoxy groups -OCH3 is 1. The first-order valence-corrected chi connectivity index (χ1v) is 6.52. The monoisotopic (exact) mass is 272 g/mol. The van der Waals surface area contributed by atoms with Crippen LogP contribution < -0.4 is 10.1 Å². The van der Waals surface area contributed by atoms with E-state index in [9.17, 15) is 0 Å². The Morgan fingerprint density at radius 2 is 1.90 bits per heavy atom. The molecular weight excluding hydrogens is 252 g/mol. The maximum Gasteiger partial charge on any atom is 0.213 e. The number of nitrogens with one attached hydrogen (secondary N) is 1. The predicted octanol–water partition coefficient (Wildman–Crippen LogP) is 2.89. The fourth-order valence-electron chi connectivity index (χ4n) is 1.74. The molecule has 1 N–H and O–H groups in total. The molecule has 0 spiro atoms. The van der Waals surface area contributed by atoms with Crippen molar-refractivity contribution in [2.45, 2.75) is 26.2 Å². The average molecular weight is 272 g/mol. The minimum absolute atomic E-state index is 0.112. The van der Waals surface area contributed by atoms with Crippen LogP contribution in [0.1, 0.15) is 26.6 Å². The molecule has 0 aliphatic carbocycles. The number of hydrogen-bond acceptors (Lipinski definition) is 5. The first-order valence-electron chi connectivity index (χ1n) is 6.52. The van der Waals surface area contributed by atoms with Gasteiger partial charge in [0.15, 0.2) is 0 Å². The second kappa shape index (κ2) is 5.45. The van der Waals surface area contributed by atoms with Gasteiger partial charge in [-0.3, -0.25) is 0 Å². The van der Waals surface area contributed by atoms with E-state index in [-0.39, 0.29) is 5.41 Å². The molecule has 2 heterocycles. The molecule has 2 rings (SSSR count). The summed E-state index contributed by atoms with van der Waals surface area (Å²) < 4.78 is 5.16. The second-order valence-corrected chi connectivity index (χ2v) is 5.55. The van der Waals surface area contributed by atoms with Crippen LogP contribution in [0.15, 0.2) is 24.4 Å². The standard InChI is InChI=1S/C15H20N4O/c1-15(2,3)14-18-11(9-12(16-4)19-14)10-6-7-17-13(8-10)20-5/h6-9H,1-5H3,(H,16,18,19). The molecule has 106 valence electrons. The SMILES string of the molecule is CNc1cc(-c2ccnc(OC)c2)nc(C(C)(C)C)n1. The summed E-state index contributed by atoms with van der Waals surface area (Å²) in [6.45, 7) is 6.29. The Morgan fingerprint density at radius 1 is 1.15 bits per heavy atom. The molecular formula is C15H20N4O. The molecule has 5 nitrogen and oxygen atoms in total. The Balaban J connectivity index is 2.55. The van der Waals surface area contributed by atoms with Crippen LogP contribution in [0.2, 0.25) is 0 Å². The molecule has 0 saturated carbocycles. The van der Waals surface area contributed by atoms with E-state index in [1.54, 1.807) is 13.3 Å². The summed E-state index contributed by atoms with van der Waals surface area (Å²) in [6.07, 6.45) is 1.71. The molecule has 20 heavy (non-hydrogen) atoms. The number of anilines is 1. The van der Waals surface area contributed by atoms with Crippen LogP contribution in [-0.4, -0.2) is 29.1 Å². The Labute approximate surface area is 119 Å². The van der Waals surface area contributed by atoms with Crippen molar-refractivity contribution in [3.05, 3.63) is 30.2 Å². The third kappa shape index (κ3) is 3.04. The van der Waals surface area contributed by atoms with Crippen LogP contribution in [-0.2, 0) is 5.41 Å². The summed E-state index contributed by atoms with van der Waals surface area (Å²) in [5, 5.41) is 3.08. The predicted molar refractivity (Wildman–Crippen MR) is 80.1 cm³/mol. The van der Waals surface area contributed by atoms with E-state index in [2.05, 4.69) is 41.0 Å². The highest BCUT2D eigenvalue weighted by Crippen LogP contribution is 2.26. The van der Waals surface area contributed by atoms with Crippen molar-refractivity contribution < 1.29 is 4.74 Å². The molecule has 0 aromatic carbocycles. The number of rotatable bonds is 3. The maximum absolute atomic E-state index is 5.16. The van der Waals surface area contributed by atoms with E-state index in [0.717, 1.165) is 22.9 Å². The molecule has 2 aromatic rings. The van der Waals surface area contributed by atoms with Gasteiger partial charge in [-0.1, -0.05) is 20.8 Å².